The Morgan fingerprint density at radius 2 is 1.65 bits per heavy atom. The lowest BCUT2D eigenvalue weighted by Gasteiger charge is -2.14. The number of hydrogen-bond acceptors (Lipinski definition) is 3. The molecule has 0 bridgehead atoms. The molecule has 0 atom stereocenters. The summed E-state index contributed by atoms with van der Waals surface area (Å²) >= 11 is 0. The molecule has 0 radical (unpaired) electrons. The third-order valence-corrected chi connectivity index (χ3v) is 5.78. The number of halogens is 5. The summed E-state index contributed by atoms with van der Waals surface area (Å²) in [6.07, 6.45) is -0.981. The Bertz CT molecular complexity index is 1640. The molecule has 186 valence electrons. The summed E-state index contributed by atoms with van der Waals surface area (Å²) in [4.78, 5) is 20.8. The number of amides is 1. The Kier molecular flexibility index (Phi) is 5.94. The fourth-order valence-electron chi connectivity index (χ4n) is 3.98. The first kappa shape index (κ1) is 24.1. The summed E-state index contributed by atoms with van der Waals surface area (Å²) in [5.41, 5.74) is 0.233. The molecule has 3 heterocycles. The number of rotatable bonds is 4. The van der Waals surface area contributed by atoms with E-state index in [0.717, 1.165) is 23.9 Å². The van der Waals surface area contributed by atoms with E-state index in [9.17, 15) is 26.7 Å². The second kappa shape index (κ2) is 9.12. The Morgan fingerprint density at radius 1 is 0.919 bits per heavy atom. The Morgan fingerprint density at radius 3 is 2.38 bits per heavy atom. The van der Waals surface area contributed by atoms with E-state index in [-0.39, 0.29) is 22.5 Å². The van der Waals surface area contributed by atoms with Crippen molar-refractivity contribution in [1.29, 1.82) is 0 Å². The maximum absolute atomic E-state index is 14.4. The number of alkyl halides is 3. The highest BCUT2D eigenvalue weighted by molar-refractivity contribution is 6.06. The molecule has 1 N–H and O–H groups in total. The van der Waals surface area contributed by atoms with Crippen LogP contribution < -0.4 is 5.32 Å². The first-order chi connectivity index (χ1) is 17.6. The molecule has 5 aromatic rings. The van der Waals surface area contributed by atoms with Crippen molar-refractivity contribution in [3.63, 3.8) is 0 Å². The minimum atomic E-state index is -4.88. The maximum Gasteiger partial charge on any atom is 0.434 e. The lowest BCUT2D eigenvalue weighted by Crippen LogP contribution is -2.20. The smallest absolute Gasteiger partial charge is 0.322 e. The zero-order valence-corrected chi connectivity index (χ0v) is 19.1. The van der Waals surface area contributed by atoms with Gasteiger partial charge in [0.2, 0.25) is 0 Å². The van der Waals surface area contributed by atoms with Crippen LogP contribution in [-0.2, 0) is 6.18 Å². The molecule has 0 aliphatic rings. The predicted octanol–water partition coefficient (Wildman–Crippen LogP) is 6.92. The highest BCUT2D eigenvalue weighted by atomic mass is 19.4. The molecule has 0 saturated carbocycles. The number of pyridine rings is 2. The number of anilines is 1. The number of imidazole rings is 1. The zero-order valence-electron chi connectivity index (χ0n) is 19.1. The van der Waals surface area contributed by atoms with E-state index in [1.165, 1.54) is 22.7 Å². The number of nitrogens with one attached hydrogen (secondary N) is 1. The molecule has 0 fully saturated rings. The number of carbonyl (C=O) groups is 1. The van der Waals surface area contributed by atoms with Crippen LogP contribution in [0, 0.1) is 18.6 Å². The highest BCUT2D eigenvalue weighted by Gasteiger charge is 2.37. The summed E-state index contributed by atoms with van der Waals surface area (Å²) in [7, 11) is 0. The summed E-state index contributed by atoms with van der Waals surface area (Å²) in [6, 6.07) is 14.6. The molecule has 37 heavy (non-hydrogen) atoms. The zero-order chi connectivity index (χ0) is 26.3. The van der Waals surface area contributed by atoms with Gasteiger partial charge in [-0.25, -0.2) is 13.8 Å². The van der Waals surface area contributed by atoms with Gasteiger partial charge in [0.1, 0.15) is 5.65 Å². The van der Waals surface area contributed by atoms with Gasteiger partial charge in [-0.2, -0.15) is 13.2 Å². The summed E-state index contributed by atoms with van der Waals surface area (Å²) in [6.45, 7) is 1.84. The van der Waals surface area contributed by atoms with Gasteiger partial charge in [0.25, 0.3) is 5.91 Å². The molecule has 0 aliphatic carbocycles. The maximum atomic E-state index is 14.4. The van der Waals surface area contributed by atoms with E-state index in [1.807, 2.05) is 6.92 Å². The van der Waals surface area contributed by atoms with Crippen LogP contribution in [0.5, 0.6) is 0 Å². The van der Waals surface area contributed by atoms with Crippen molar-refractivity contribution < 1.29 is 26.7 Å². The summed E-state index contributed by atoms with van der Waals surface area (Å²) in [5.74, 6) is -3.07. The van der Waals surface area contributed by atoms with E-state index in [2.05, 4.69) is 15.3 Å². The van der Waals surface area contributed by atoms with E-state index in [4.69, 9.17) is 0 Å². The number of nitrogens with zero attached hydrogens (tertiary/aromatic N) is 3. The molecule has 1 amide bonds. The number of aryl methyl sites for hydroxylation is 1. The molecule has 0 aliphatic heterocycles. The van der Waals surface area contributed by atoms with Gasteiger partial charge in [-0.3, -0.25) is 14.2 Å². The molecular weight excluding hydrogens is 491 g/mol. The van der Waals surface area contributed by atoms with Gasteiger partial charge in [-0.15, -0.1) is 0 Å². The van der Waals surface area contributed by atoms with Gasteiger partial charge in [-0.05, 0) is 49.4 Å². The van der Waals surface area contributed by atoms with E-state index < -0.39 is 35.0 Å². The van der Waals surface area contributed by atoms with Crippen LogP contribution in [0.25, 0.3) is 28.0 Å². The normalized spacial score (nSPS) is 11.6. The van der Waals surface area contributed by atoms with Crippen LogP contribution in [0.2, 0.25) is 0 Å². The lowest BCUT2D eigenvalue weighted by atomic mass is 10.0. The van der Waals surface area contributed by atoms with Gasteiger partial charge in [-0.1, -0.05) is 23.8 Å². The van der Waals surface area contributed by atoms with Gasteiger partial charge < -0.3 is 5.32 Å². The summed E-state index contributed by atoms with van der Waals surface area (Å²) in [5, 5.41) is 2.47. The number of aromatic nitrogens is 3. The van der Waals surface area contributed by atoms with Crippen molar-refractivity contribution >= 4 is 17.2 Å². The number of benzene rings is 2. The minimum Gasteiger partial charge on any atom is -0.322 e. The Labute approximate surface area is 207 Å². The molecule has 10 heteroatoms. The molecule has 0 saturated heterocycles. The monoisotopic (exact) mass is 508 g/mol. The standard InChI is InChI=1S/C27H17F5N4O/c1-15-7-9-17(10-8-15)35-26(37)20-12-16(13-33-24(20)27(30,31)32)18-5-3-11-36-22(14-34-25(18)36)19-4-2-6-21(28)23(19)29/h2-14H,1H3,(H,35,37). The average Bonchev–Trinajstić information content (AvgIpc) is 3.30. The van der Waals surface area contributed by atoms with Crippen molar-refractivity contribution in [2.45, 2.75) is 13.1 Å². The lowest BCUT2D eigenvalue weighted by molar-refractivity contribution is -0.141. The van der Waals surface area contributed by atoms with Crippen LogP contribution in [0.3, 0.4) is 0 Å². The van der Waals surface area contributed by atoms with Crippen LogP contribution in [0.15, 0.2) is 79.3 Å². The third-order valence-electron chi connectivity index (χ3n) is 5.78. The molecule has 2 aromatic carbocycles. The quantitative estimate of drug-likeness (QED) is 0.268. The van der Waals surface area contributed by atoms with Gasteiger partial charge in [0, 0.05) is 34.8 Å². The third kappa shape index (κ3) is 4.53. The van der Waals surface area contributed by atoms with Crippen LogP contribution >= 0.6 is 0 Å². The van der Waals surface area contributed by atoms with Crippen LogP contribution in [0.1, 0.15) is 21.6 Å². The molecule has 0 unspecified atom stereocenters. The SMILES string of the molecule is Cc1ccc(NC(=O)c2cc(-c3cccn4c(-c5cccc(F)c5F)cnc34)cnc2C(F)(F)F)cc1. The van der Waals surface area contributed by atoms with Crippen LogP contribution in [0.4, 0.5) is 27.6 Å². The van der Waals surface area contributed by atoms with Crippen molar-refractivity contribution in [2.75, 3.05) is 5.32 Å². The first-order valence-corrected chi connectivity index (χ1v) is 11.0. The fraction of sp³-hybridized carbons (Fsp3) is 0.0741. The average molecular weight is 508 g/mol. The fourth-order valence-corrected chi connectivity index (χ4v) is 3.98. The highest BCUT2D eigenvalue weighted by Crippen LogP contribution is 2.35. The van der Waals surface area contributed by atoms with Crippen molar-refractivity contribution in [2.24, 2.45) is 0 Å². The van der Waals surface area contributed by atoms with Gasteiger partial charge >= 0.3 is 6.18 Å². The van der Waals surface area contributed by atoms with Gasteiger partial charge in [0.15, 0.2) is 17.3 Å². The largest absolute Gasteiger partial charge is 0.434 e. The second-order valence-electron chi connectivity index (χ2n) is 8.30. The number of hydrogen-bond donors (Lipinski definition) is 1. The second-order valence-corrected chi connectivity index (χ2v) is 8.30. The molecule has 5 rings (SSSR count). The van der Waals surface area contributed by atoms with Crippen molar-refractivity contribution in [3.05, 3.63) is 108 Å². The van der Waals surface area contributed by atoms with Crippen molar-refractivity contribution in [3.8, 4) is 22.4 Å². The number of fused-ring (bicyclic) bond motifs is 1. The van der Waals surface area contributed by atoms with Crippen molar-refractivity contribution in [1.82, 2.24) is 14.4 Å². The summed E-state index contributed by atoms with van der Waals surface area (Å²) < 4.78 is 70.9. The topological polar surface area (TPSA) is 59.3 Å². The van der Waals surface area contributed by atoms with Crippen LogP contribution in [-0.4, -0.2) is 20.3 Å². The first-order valence-electron chi connectivity index (χ1n) is 11.0. The molecule has 5 nitrogen and oxygen atoms in total. The van der Waals surface area contributed by atoms with E-state index in [0.29, 0.717) is 11.3 Å². The number of carbonyl (C=O) groups excluding carboxylic acids is 1. The Hall–Kier alpha value is -4.60. The predicted molar refractivity (Wildman–Crippen MR) is 128 cm³/mol. The Balaban J connectivity index is 1.61. The van der Waals surface area contributed by atoms with E-state index >= 15 is 0 Å². The molecule has 3 aromatic heterocycles. The molecular formula is C27H17F5N4O. The van der Waals surface area contributed by atoms with E-state index in [1.54, 1.807) is 42.6 Å². The minimum absolute atomic E-state index is 0.0339. The van der Waals surface area contributed by atoms with Gasteiger partial charge in [0.05, 0.1) is 17.5 Å². The molecule has 0 spiro atoms.